The average molecular weight is 158 g/mol. The van der Waals surface area contributed by atoms with Gasteiger partial charge < -0.3 is 9.64 Å². The molecule has 0 saturated carbocycles. The Kier molecular flexibility index (Phi) is 3.32. The molecule has 0 radical (unpaired) electrons. The summed E-state index contributed by atoms with van der Waals surface area (Å²) in [6.45, 7) is 4.90. The summed E-state index contributed by atoms with van der Waals surface area (Å²) in [4.78, 5) is 12.1. The molecular weight excluding hydrogens is 144 g/mol. The fourth-order valence-corrected chi connectivity index (χ4v) is 1.12. The molecule has 1 fully saturated rings. The number of nitrogens with one attached hydrogen (secondary N) is 1. The molecule has 1 atom stereocenters. The number of hydrogen-bond acceptors (Lipinski definition) is 3. The lowest BCUT2D eigenvalue weighted by Gasteiger charge is -2.30. The van der Waals surface area contributed by atoms with E-state index in [9.17, 15) is 4.79 Å². The highest BCUT2D eigenvalue weighted by Gasteiger charge is 2.17. The molecule has 1 saturated heterocycles. The summed E-state index contributed by atoms with van der Waals surface area (Å²) in [5, 5.41) is 3.13. The van der Waals surface area contributed by atoms with Crippen LogP contribution in [0.25, 0.3) is 0 Å². The minimum atomic E-state index is 0.0268. The lowest BCUT2D eigenvalue weighted by molar-refractivity contribution is -0.126. The van der Waals surface area contributed by atoms with Gasteiger partial charge in [0, 0.05) is 6.54 Å². The minimum absolute atomic E-state index is 0.0268. The Morgan fingerprint density at radius 1 is 1.82 bits per heavy atom. The third-order valence-electron chi connectivity index (χ3n) is 1.68. The Labute approximate surface area is 66.5 Å². The third-order valence-corrected chi connectivity index (χ3v) is 1.68. The Morgan fingerprint density at radius 2 is 2.64 bits per heavy atom. The molecule has 0 aromatic carbocycles. The van der Waals surface area contributed by atoms with Gasteiger partial charge in [0.1, 0.15) is 6.23 Å². The predicted molar refractivity (Wildman–Crippen MR) is 41.1 cm³/mol. The second-order valence-electron chi connectivity index (χ2n) is 2.52. The van der Waals surface area contributed by atoms with Crippen molar-refractivity contribution in [3.8, 4) is 0 Å². The van der Waals surface area contributed by atoms with E-state index in [0.29, 0.717) is 19.7 Å². The Hall–Kier alpha value is -0.610. The van der Waals surface area contributed by atoms with Crippen LogP contribution in [0.5, 0.6) is 0 Å². The Balaban J connectivity index is 2.27. The van der Waals surface area contributed by atoms with Crippen molar-refractivity contribution in [2.45, 2.75) is 13.2 Å². The van der Waals surface area contributed by atoms with Crippen LogP contribution < -0.4 is 5.32 Å². The maximum atomic E-state index is 10.4. The van der Waals surface area contributed by atoms with Gasteiger partial charge in [0.25, 0.3) is 0 Å². The van der Waals surface area contributed by atoms with E-state index in [1.807, 2.05) is 6.92 Å². The lowest BCUT2D eigenvalue weighted by Crippen LogP contribution is -2.48. The highest BCUT2D eigenvalue weighted by molar-refractivity contribution is 5.47. The summed E-state index contributed by atoms with van der Waals surface area (Å²) in [5.74, 6) is 0. The van der Waals surface area contributed by atoms with Crippen LogP contribution in [0, 0.1) is 0 Å². The SMILES string of the molecule is CCNC1CN(C=O)CCO1. The second kappa shape index (κ2) is 4.31. The molecular formula is C7H14N2O2. The van der Waals surface area contributed by atoms with Gasteiger partial charge in [-0.3, -0.25) is 10.1 Å². The van der Waals surface area contributed by atoms with E-state index in [2.05, 4.69) is 5.32 Å². The molecule has 1 N–H and O–H groups in total. The van der Waals surface area contributed by atoms with Gasteiger partial charge in [-0.15, -0.1) is 0 Å². The summed E-state index contributed by atoms with van der Waals surface area (Å²) < 4.78 is 5.34. The van der Waals surface area contributed by atoms with Gasteiger partial charge in [-0.1, -0.05) is 6.92 Å². The van der Waals surface area contributed by atoms with Gasteiger partial charge in [0.15, 0.2) is 0 Å². The zero-order valence-electron chi connectivity index (χ0n) is 6.75. The van der Waals surface area contributed by atoms with Crippen molar-refractivity contribution in [1.29, 1.82) is 0 Å². The third kappa shape index (κ3) is 2.48. The van der Waals surface area contributed by atoms with Gasteiger partial charge in [0.05, 0.1) is 13.2 Å². The molecule has 0 aromatic heterocycles. The van der Waals surface area contributed by atoms with Gasteiger partial charge in [-0.25, -0.2) is 0 Å². The normalized spacial score (nSPS) is 25.2. The zero-order valence-corrected chi connectivity index (χ0v) is 6.75. The number of rotatable bonds is 3. The van der Waals surface area contributed by atoms with Gasteiger partial charge in [-0.2, -0.15) is 0 Å². The standard InChI is InChI=1S/C7H14N2O2/c1-2-8-7-5-9(6-10)3-4-11-7/h6-8H,2-5H2,1H3. The van der Waals surface area contributed by atoms with Crippen molar-refractivity contribution < 1.29 is 9.53 Å². The first-order valence-corrected chi connectivity index (χ1v) is 3.91. The van der Waals surface area contributed by atoms with E-state index in [1.54, 1.807) is 4.90 Å². The molecule has 1 unspecified atom stereocenters. The van der Waals surface area contributed by atoms with E-state index in [0.717, 1.165) is 13.0 Å². The van der Waals surface area contributed by atoms with Crippen LogP contribution in [0.2, 0.25) is 0 Å². The number of carbonyl (C=O) groups is 1. The second-order valence-corrected chi connectivity index (χ2v) is 2.52. The summed E-state index contributed by atoms with van der Waals surface area (Å²) in [5.41, 5.74) is 0. The number of carbonyl (C=O) groups excluding carboxylic acids is 1. The van der Waals surface area contributed by atoms with Gasteiger partial charge in [-0.05, 0) is 6.54 Å². The molecule has 64 valence electrons. The minimum Gasteiger partial charge on any atom is -0.360 e. The molecule has 0 bridgehead atoms. The molecule has 0 aliphatic carbocycles. The van der Waals surface area contributed by atoms with E-state index < -0.39 is 0 Å². The van der Waals surface area contributed by atoms with E-state index in [4.69, 9.17) is 4.74 Å². The monoisotopic (exact) mass is 158 g/mol. The van der Waals surface area contributed by atoms with Crippen molar-refractivity contribution in [1.82, 2.24) is 10.2 Å². The molecule has 0 aromatic rings. The summed E-state index contributed by atoms with van der Waals surface area (Å²) in [6.07, 6.45) is 0.895. The highest BCUT2D eigenvalue weighted by atomic mass is 16.5. The number of morpholine rings is 1. The molecule has 11 heavy (non-hydrogen) atoms. The van der Waals surface area contributed by atoms with Crippen LogP contribution in [-0.2, 0) is 9.53 Å². The summed E-state index contributed by atoms with van der Waals surface area (Å²) in [6, 6.07) is 0. The Morgan fingerprint density at radius 3 is 3.27 bits per heavy atom. The van der Waals surface area contributed by atoms with Crippen molar-refractivity contribution in [2.75, 3.05) is 26.2 Å². The van der Waals surface area contributed by atoms with Crippen molar-refractivity contribution in [3.63, 3.8) is 0 Å². The van der Waals surface area contributed by atoms with Crippen molar-refractivity contribution >= 4 is 6.41 Å². The molecule has 0 spiro atoms. The smallest absolute Gasteiger partial charge is 0.209 e. The lowest BCUT2D eigenvalue weighted by atomic mass is 10.4. The average Bonchev–Trinajstić information content (AvgIpc) is 2.06. The first kappa shape index (κ1) is 8.49. The van der Waals surface area contributed by atoms with Crippen LogP contribution in [0.4, 0.5) is 0 Å². The molecule has 1 aliphatic rings. The number of nitrogens with zero attached hydrogens (tertiary/aromatic N) is 1. The largest absolute Gasteiger partial charge is 0.360 e. The highest BCUT2D eigenvalue weighted by Crippen LogP contribution is 1.99. The predicted octanol–water partition coefficient (Wildman–Crippen LogP) is -0.589. The van der Waals surface area contributed by atoms with Crippen molar-refractivity contribution in [2.24, 2.45) is 0 Å². The number of likely N-dealkylation sites (N-methyl/N-ethyl adjacent to an activating group) is 1. The molecule has 1 rings (SSSR count). The number of hydrogen-bond donors (Lipinski definition) is 1. The van der Waals surface area contributed by atoms with E-state index in [1.165, 1.54) is 0 Å². The number of ether oxygens (including phenoxy) is 1. The fourth-order valence-electron chi connectivity index (χ4n) is 1.12. The Bertz CT molecular complexity index is 128. The van der Waals surface area contributed by atoms with E-state index >= 15 is 0 Å². The summed E-state index contributed by atoms with van der Waals surface area (Å²) in [7, 11) is 0. The van der Waals surface area contributed by atoms with Gasteiger partial charge in [0.2, 0.25) is 6.41 Å². The molecule has 1 heterocycles. The molecule has 1 aliphatic heterocycles. The quantitative estimate of drug-likeness (QED) is 0.558. The first-order valence-electron chi connectivity index (χ1n) is 3.91. The van der Waals surface area contributed by atoms with Crippen LogP contribution in [0.1, 0.15) is 6.92 Å². The van der Waals surface area contributed by atoms with Crippen LogP contribution in [-0.4, -0.2) is 43.8 Å². The number of amides is 1. The maximum absolute atomic E-state index is 10.4. The van der Waals surface area contributed by atoms with Crippen LogP contribution in [0.15, 0.2) is 0 Å². The van der Waals surface area contributed by atoms with Crippen LogP contribution in [0.3, 0.4) is 0 Å². The topological polar surface area (TPSA) is 41.6 Å². The maximum Gasteiger partial charge on any atom is 0.209 e. The van der Waals surface area contributed by atoms with E-state index in [-0.39, 0.29) is 6.23 Å². The molecule has 4 heteroatoms. The molecule has 1 amide bonds. The fraction of sp³-hybridized carbons (Fsp3) is 0.857. The summed E-state index contributed by atoms with van der Waals surface area (Å²) >= 11 is 0. The first-order chi connectivity index (χ1) is 5.36. The van der Waals surface area contributed by atoms with Crippen LogP contribution >= 0.6 is 0 Å². The van der Waals surface area contributed by atoms with Gasteiger partial charge >= 0.3 is 0 Å². The zero-order chi connectivity index (χ0) is 8.10. The molecule has 4 nitrogen and oxygen atoms in total. The van der Waals surface area contributed by atoms with Crippen molar-refractivity contribution in [3.05, 3.63) is 0 Å².